The number of benzene rings is 3. The van der Waals surface area contributed by atoms with Crippen molar-refractivity contribution in [3.05, 3.63) is 86.6 Å². The third kappa shape index (κ3) is 4.17. The van der Waals surface area contributed by atoms with E-state index in [0.717, 1.165) is 32.5 Å². The zero-order valence-corrected chi connectivity index (χ0v) is 20.8. The highest BCUT2D eigenvalue weighted by atomic mass is 79.9. The van der Waals surface area contributed by atoms with Crippen molar-refractivity contribution >= 4 is 27.8 Å². The van der Waals surface area contributed by atoms with E-state index >= 15 is 0 Å². The molecule has 2 aliphatic rings. The molecule has 0 bridgehead atoms. The maximum atomic E-state index is 13.2. The van der Waals surface area contributed by atoms with Gasteiger partial charge in [0.15, 0.2) is 17.3 Å². The molecule has 2 aliphatic heterocycles. The molecule has 0 saturated carbocycles. The molecule has 34 heavy (non-hydrogen) atoms. The van der Waals surface area contributed by atoms with Crippen molar-refractivity contribution in [2.24, 2.45) is 0 Å². The van der Waals surface area contributed by atoms with E-state index < -0.39 is 0 Å². The van der Waals surface area contributed by atoms with Crippen LogP contribution >= 0.6 is 15.9 Å². The number of aryl methyl sites for hydroxylation is 1. The van der Waals surface area contributed by atoms with E-state index in [-0.39, 0.29) is 5.78 Å². The van der Waals surface area contributed by atoms with Crippen LogP contribution in [0.25, 0.3) is 6.08 Å². The van der Waals surface area contributed by atoms with Gasteiger partial charge in [0, 0.05) is 17.6 Å². The predicted molar refractivity (Wildman–Crippen MR) is 133 cm³/mol. The number of nitrogens with zero attached hydrogens (tertiary/aromatic N) is 1. The summed E-state index contributed by atoms with van der Waals surface area (Å²) >= 11 is 3.47. The molecule has 6 nitrogen and oxygen atoms in total. The second-order valence-corrected chi connectivity index (χ2v) is 9.23. The molecule has 0 spiro atoms. The third-order valence-corrected chi connectivity index (χ3v) is 6.48. The van der Waals surface area contributed by atoms with Crippen LogP contribution in [0.2, 0.25) is 0 Å². The number of hydrogen-bond donors (Lipinski definition) is 0. The topological polar surface area (TPSA) is 57.2 Å². The molecule has 2 heterocycles. The summed E-state index contributed by atoms with van der Waals surface area (Å²) in [5, 5.41) is 0. The summed E-state index contributed by atoms with van der Waals surface area (Å²) in [5.41, 5.74) is 4.31. The van der Waals surface area contributed by atoms with E-state index in [0.29, 0.717) is 48.4 Å². The highest BCUT2D eigenvalue weighted by Gasteiger charge is 2.35. The number of Topliss-reactive ketones (excluding diaryl/α,β-unsaturated/α-hetero) is 1. The predicted octanol–water partition coefficient (Wildman–Crippen LogP) is 5.74. The van der Waals surface area contributed by atoms with Crippen molar-refractivity contribution in [1.29, 1.82) is 0 Å². The number of halogens is 1. The summed E-state index contributed by atoms with van der Waals surface area (Å²) in [4.78, 5) is 15.4. The Kier molecular flexibility index (Phi) is 6.06. The first kappa shape index (κ1) is 22.5. The highest BCUT2D eigenvalue weighted by Crippen LogP contribution is 2.44. The van der Waals surface area contributed by atoms with Gasteiger partial charge in [-0.2, -0.15) is 0 Å². The molecular weight excluding hydrogens is 498 g/mol. The summed E-state index contributed by atoms with van der Waals surface area (Å²) in [5.74, 6) is 2.95. The first-order chi connectivity index (χ1) is 16.5. The molecule has 0 N–H and O–H groups in total. The van der Waals surface area contributed by atoms with Crippen LogP contribution in [0.5, 0.6) is 23.0 Å². The van der Waals surface area contributed by atoms with Crippen LogP contribution in [0.4, 0.5) is 0 Å². The number of ketones is 1. The van der Waals surface area contributed by atoms with Crippen molar-refractivity contribution in [3.8, 4) is 23.0 Å². The largest absolute Gasteiger partial charge is 0.493 e. The van der Waals surface area contributed by atoms with Gasteiger partial charge in [-0.15, -0.1) is 0 Å². The van der Waals surface area contributed by atoms with Gasteiger partial charge in [0.25, 0.3) is 0 Å². The van der Waals surface area contributed by atoms with Gasteiger partial charge in [0.2, 0.25) is 5.78 Å². The number of allylic oxidation sites excluding steroid dienone is 1. The van der Waals surface area contributed by atoms with Crippen LogP contribution in [0, 0.1) is 6.92 Å². The Hall–Kier alpha value is -3.29. The highest BCUT2D eigenvalue weighted by molar-refractivity contribution is 9.10. The Morgan fingerprint density at radius 2 is 1.91 bits per heavy atom. The van der Waals surface area contributed by atoms with Crippen LogP contribution in [0.1, 0.15) is 32.6 Å². The standard InChI is InChI=1S/C27H24BrNO5/c1-16-9-22-20(14-29(15-33-22)13-18-7-8-21(31-2)23(12-18)32-3)27-25(16)26(30)24(34-27)11-17-5-4-6-19(28)10-17/h4-12H,13-15H2,1-3H3/b24-11-. The van der Waals surface area contributed by atoms with E-state index in [9.17, 15) is 4.79 Å². The smallest absolute Gasteiger partial charge is 0.232 e. The number of ether oxygens (including phenoxy) is 4. The first-order valence-corrected chi connectivity index (χ1v) is 11.7. The fraction of sp³-hybridized carbons (Fsp3) is 0.222. The van der Waals surface area contributed by atoms with E-state index in [1.54, 1.807) is 20.3 Å². The number of carbonyl (C=O) groups excluding carboxylic acids is 1. The van der Waals surface area contributed by atoms with Gasteiger partial charge >= 0.3 is 0 Å². The zero-order chi connectivity index (χ0) is 23.8. The van der Waals surface area contributed by atoms with Gasteiger partial charge in [-0.3, -0.25) is 9.69 Å². The normalized spacial score (nSPS) is 16.0. The minimum atomic E-state index is -0.104. The van der Waals surface area contributed by atoms with Crippen LogP contribution in [0.15, 0.2) is 58.8 Å². The number of rotatable bonds is 5. The number of fused-ring (bicyclic) bond motifs is 3. The average molecular weight is 522 g/mol. The molecule has 0 aromatic heterocycles. The van der Waals surface area contributed by atoms with Gasteiger partial charge in [-0.1, -0.05) is 34.1 Å². The minimum Gasteiger partial charge on any atom is -0.493 e. The summed E-state index contributed by atoms with van der Waals surface area (Å²) in [6, 6.07) is 15.6. The number of hydrogen-bond acceptors (Lipinski definition) is 6. The lowest BCUT2D eigenvalue weighted by atomic mass is 9.98. The average Bonchev–Trinajstić information content (AvgIpc) is 3.16. The van der Waals surface area contributed by atoms with Crippen LogP contribution < -0.4 is 18.9 Å². The lowest BCUT2D eigenvalue weighted by molar-refractivity contribution is 0.0871. The Morgan fingerprint density at radius 3 is 2.68 bits per heavy atom. The fourth-order valence-electron chi connectivity index (χ4n) is 4.36. The van der Waals surface area contributed by atoms with Crippen molar-refractivity contribution < 1.29 is 23.7 Å². The SMILES string of the molecule is COc1ccc(CN2COc3cc(C)c4c(c3C2)O/C(=C\c2cccc(Br)c2)C4=O)cc1OC. The molecule has 0 fully saturated rings. The first-order valence-electron chi connectivity index (χ1n) is 10.9. The quantitative estimate of drug-likeness (QED) is 0.399. The molecule has 0 atom stereocenters. The summed E-state index contributed by atoms with van der Waals surface area (Å²) in [6.45, 7) is 3.61. The Balaban J connectivity index is 1.43. The molecule has 174 valence electrons. The summed E-state index contributed by atoms with van der Waals surface area (Å²) in [6.07, 6.45) is 1.78. The van der Waals surface area contributed by atoms with Crippen molar-refractivity contribution in [1.82, 2.24) is 4.90 Å². The van der Waals surface area contributed by atoms with Gasteiger partial charge < -0.3 is 18.9 Å². The Morgan fingerprint density at radius 1 is 1.09 bits per heavy atom. The van der Waals surface area contributed by atoms with Gasteiger partial charge in [0.05, 0.1) is 25.3 Å². The van der Waals surface area contributed by atoms with E-state index in [1.165, 1.54) is 0 Å². The van der Waals surface area contributed by atoms with Crippen molar-refractivity contribution in [2.75, 3.05) is 21.0 Å². The molecular formula is C27H24BrNO5. The second-order valence-electron chi connectivity index (χ2n) is 8.32. The maximum Gasteiger partial charge on any atom is 0.232 e. The van der Waals surface area contributed by atoms with Crippen LogP contribution in [-0.2, 0) is 13.1 Å². The van der Waals surface area contributed by atoms with Crippen molar-refractivity contribution in [3.63, 3.8) is 0 Å². The molecule has 0 amide bonds. The molecule has 0 aliphatic carbocycles. The van der Waals surface area contributed by atoms with E-state index in [4.69, 9.17) is 18.9 Å². The third-order valence-electron chi connectivity index (χ3n) is 5.99. The minimum absolute atomic E-state index is 0.104. The Bertz CT molecular complexity index is 1320. The lowest BCUT2D eigenvalue weighted by Gasteiger charge is -2.30. The number of methoxy groups -OCH3 is 2. The van der Waals surface area contributed by atoms with E-state index in [2.05, 4.69) is 20.8 Å². The fourth-order valence-corrected chi connectivity index (χ4v) is 4.78. The summed E-state index contributed by atoms with van der Waals surface area (Å²) in [7, 11) is 3.25. The zero-order valence-electron chi connectivity index (χ0n) is 19.2. The maximum absolute atomic E-state index is 13.2. The number of carbonyl (C=O) groups is 1. The van der Waals surface area contributed by atoms with Gasteiger partial charge in [0.1, 0.15) is 18.2 Å². The second kappa shape index (κ2) is 9.16. The lowest BCUT2D eigenvalue weighted by Crippen LogP contribution is -2.31. The molecule has 7 heteroatoms. The van der Waals surface area contributed by atoms with Crippen molar-refractivity contribution in [2.45, 2.75) is 20.0 Å². The Labute approximate surface area is 206 Å². The van der Waals surface area contributed by atoms with Gasteiger partial charge in [-0.05, 0) is 60.0 Å². The van der Waals surface area contributed by atoms with Gasteiger partial charge in [-0.25, -0.2) is 0 Å². The molecule has 3 aromatic carbocycles. The van der Waals surface area contributed by atoms with Crippen LogP contribution in [-0.4, -0.2) is 31.6 Å². The molecule has 0 saturated heterocycles. The molecule has 5 rings (SSSR count). The summed E-state index contributed by atoms with van der Waals surface area (Å²) < 4.78 is 23.9. The van der Waals surface area contributed by atoms with Crippen LogP contribution in [0.3, 0.4) is 0 Å². The molecule has 3 aromatic rings. The van der Waals surface area contributed by atoms with E-state index in [1.807, 2.05) is 55.5 Å². The monoisotopic (exact) mass is 521 g/mol. The molecule has 0 radical (unpaired) electrons. The molecule has 0 unspecified atom stereocenters.